The monoisotopic (exact) mass is 255 g/mol. The van der Waals surface area contributed by atoms with E-state index in [-0.39, 0.29) is 11.8 Å². The molecule has 17 heavy (non-hydrogen) atoms. The fraction of sp³-hybridized carbons (Fsp3) is 0.538. The summed E-state index contributed by atoms with van der Waals surface area (Å²) in [6.07, 6.45) is 1.89. The van der Waals surface area contributed by atoms with Crippen LogP contribution in [0.5, 0.6) is 0 Å². The highest BCUT2D eigenvalue weighted by Gasteiger charge is 2.15. The first-order chi connectivity index (χ1) is 7.85. The maximum absolute atomic E-state index is 11.2. The summed E-state index contributed by atoms with van der Waals surface area (Å²) < 4.78 is 22.4. The average Bonchev–Trinajstić information content (AvgIpc) is 2.23. The first-order valence-electron chi connectivity index (χ1n) is 5.76. The Bertz CT molecular complexity index is 480. The van der Waals surface area contributed by atoms with Gasteiger partial charge in [0, 0.05) is 12.3 Å². The van der Waals surface area contributed by atoms with E-state index in [4.69, 9.17) is 0 Å². The molecule has 1 unspecified atom stereocenters. The fourth-order valence-corrected chi connectivity index (χ4v) is 2.60. The lowest BCUT2D eigenvalue weighted by Gasteiger charge is -2.19. The van der Waals surface area contributed by atoms with E-state index >= 15 is 0 Å². The van der Waals surface area contributed by atoms with Crippen molar-refractivity contribution in [2.45, 2.75) is 26.3 Å². The molecule has 0 saturated carbocycles. The van der Waals surface area contributed by atoms with Gasteiger partial charge in [-0.05, 0) is 44.0 Å². The summed E-state index contributed by atoms with van der Waals surface area (Å²) in [6.45, 7) is 4.15. The van der Waals surface area contributed by atoms with E-state index in [0.717, 1.165) is 0 Å². The summed E-state index contributed by atoms with van der Waals surface area (Å²) in [5, 5.41) is 3.19. The van der Waals surface area contributed by atoms with Crippen molar-refractivity contribution in [1.82, 2.24) is 5.32 Å². The van der Waals surface area contributed by atoms with Crippen molar-refractivity contribution < 1.29 is 8.42 Å². The van der Waals surface area contributed by atoms with Crippen molar-refractivity contribution in [2.75, 3.05) is 19.1 Å². The highest BCUT2D eigenvalue weighted by Crippen LogP contribution is 2.23. The second kappa shape index (κ2) is 5.65. The molecule has 1 atom stereocenters. The zero-order valence-corrected chi connectivity index (χ0v) is 11.8. The maximum Gasteiger partial charge on any atom is 0.147 e. The SMILES string of the molecule is CNC(CCS(C)(=O)=O)c1cccc(C)c1C. The topological polar surface area (TPSA) is 46.2 Å². The minimum atomic E-state index is -2.90. The second-order valence-corrected chi connectivity index (χ2v) is 6.81. The quantitative estimate of drug-likeness (QED) is 0.875. The van der Waals surface area contributed by atoms with Crippen LogP contribution in [0.1, 0.15) is 29.2 Å². The lowest BCUT2D eigenvalue weighted by Crippen LogP contribution is -2.21. The summed E-state index contributed by atoms with van der Waals surface area (Å²) in [6, 6.07) is 6.25. The lowest BCUT2D eigenvalue weighted by atomic mass is 9.96. The van der Waals surface area contributed by atoms with Crippen LogP contribution >= 0.6 is 0 Å². The summed E-state index contributed by atoms with van der Waals surface area (Å²) in [7, 11) is -1.03. The van der Waals surface area contributed by atoms with Crippen LogP contribution in [0.4, 0.5) is 0 Å². The molecule has 0 aliphatic rings. The summed E-state index contributed by atoms with van der Waals surface area (Å²) >= 11 is 0. The van der Waals surface area contributed by atoms with Crippen LogP contribution in [0.25, 0.3) is 0 Å². The fourth-order valence-electron chi connectivity index (χ4n) is 1.94. The van der Waals surface area contributed by atoms with Crippen molar-refractivity contribution >= 4 is 9.84 Å². The Hall–Kier alpha value is -0.870. The van der Waals surface area contributed by atoms with Crippen LogP contribution in [-0.2, 0) is 9.84 Å². The molecular weight excluding hydrogens is 234 g/mol. The van der Waals surface area contributed by atoms with Gasteiger partial charge in [0.2, 0.25) is 0 Å². The van der Waals surface area contributed by atoms with Crippen molar-refractivity contribution in [3.05, 3.63) is 34.9 Å². The van der Waals surface area contributed by atoms with E-state index in [0.29, 0.717) is 6.42 Å². The predicted molar refractivity (Wildman–Crippen MR) is 72.0 cm³/mol. The Labute approximate surface area is 104 Å². The molecular formula is C13H21NO2S. The number of hydrogen-bond acceptors (Lipinski definition) is 3. The number of benzene rings is 1. The molecule has 0 bridgehead atoms. The third-order valence-electron chi connectivity index (χ3n) is 3.15. The standard InChI is InChI=1S/C13H21NO2S/c1-10-6-5-7-12(11(10)2)13(14-3)8-9-17(4,15)16/h5-7,13-14H,8-9H2,1-4H3. The molecule has 3 nitrogen and oxygen atoms in total. The van der Waals surface area contributed by atoms with Gasteiger partial charge in [0.25, 0.3) is 0 Å². The molecule has 0 radical (unpaired) electrons. The van der Waals surface area contributed by atoms with Gasteiger partial charge in [-0.2, -0.15) is 0 Å². The molecule has 1 rings (SSSR count). The smallest absolute Gasteiger partial charge is 0.147 e. The molecule has 0 aliphatic heterocycles. The normalized spacial score (nSPS) is 13.6. The molecule has 96 valence electrons. The second-order valence-electron chi connectivity index (χ2n) is 4.55. The zero-order valence-electron chi connectivity index (χ0n) is 10.9. The van der Waals surface area contributed by atoms with E-state index in [1.165, 1.54) is 22.9 Å². The Morgan fingerprint density at radius 1 is 1.29 bits per heavy atom. The van der Waals surface area contributed by atoms with Crippen molar-refractivity contribution in [3.8, 4) is 0 Å². The van der Waals surface area contributed by atoms with Crippen LogP contribution in [0.2, 0.25) is 0 Å². The summed E-state index contributed by atoms with van der Waals surface area (Å²) in [5.74, 6) is 0.214. The Balaban J connectivity index is 2.90. The minimum Gasteiger partial charge on any atom is -0.313 e. The molecule has 0 spiro atoms. The molecule has 0 aromatic heterocycles. The number of nitrogens with one attached hydrogen (secondary N) is 1. The van der Waals surface area contributed by atoms with Crippen LogP contribution in [0.3, 0.4) is 0 Å². The van der Waals surface area contributed by atoms with Gasteiger partial charge in [0.15, 0.2) is 0 Å². The molecule has 4 heteroatoms. The Kier molecular flexibility index (Phi) is 4.71. The largest absolute Gasteiger partial charge is 0.313 e. The van der Waals surface area contributed by atoms with Crippen molar-refractivity contribution in [3.63, 3.8) is 0 Å². The molecule has 1 aromatic carbocycles. The molecule has 0 heterocycles. The molecule has 1 aromatic rings. The Morgan fingerprint density at radius 2 is 1.94 bits per heavy atom. The van der Waals surface area contributed by atoms with E-state index in [1.54, 1.807) is 0 Å². The zero-order chi connectivity index (χ0) is 13.1. The summed E-state index contributed by atoms with van der Waals surface area (Å²) in [5.41, 5.74) is 3.67. The number of aryl methyl sites for hydroxylation is 1. The van der Waals surface area contributed by atoms with E-state index < -0.39 is 9.84 Å². The molecule has 0 fully saturated rings. The van der Waals surface area contributed by atoms with Gasteiger partial charge in [0.05, 0.1) is 5.75 Å². The van der Waals surface area contributed by atoms with Crippen LogP contribution in [0, 0.1) is 13.8 Å². The van der Waals surface area contributed by atoms with Gasteiger partial charge in [-0.25, -0.2) is 8.42 Å². The third-order valence-corrected chi connectivity index (χ3v) is 4.13. The highest BCUT2D eigenvalue weighted by atomic mass is 32.2. The first-order valence-corrected chi connectivity index (χ1v) is 7.82. The van der Waals surface area contributed by atoms with Gasteiger partial charge in [-0.15, -0.1) is 0 Å². The van der Waals surface area contributed by atoms with Crippen molar-refractivity contribution in [1.29, 1.82) is 0 Å². The molecule has 0 aliphatic carbocycles. The van der Waals surface area contributed by atoms with E-state index in [9.17, 15) is 8.42 Å². The van der Waals surface area contributed by atoms with E-state index in [1.807, 2.05) is 13.1 Å². The van der Waals surface area contributed by atoms with Gasteiger partial charge in [-0.1, -0.05) is 18.2 Å². The van der Waals surface area contributed by atoms with Gasteiger partial charge in [-0.3, -0.25) is 0 Å². The maximum atomic E-state index is 11.2. The first kappa shape index (κ1) is 14.2. The third kappa shape index (κ3) is 4.13. The van der Waals surface area contributed by atoms with Gasteiger partial charge >= 0.3 is 0 Å². The molecule has 0 amide bonds. The predicted octanol–water partition coefficient (Wildman–Crippen LogP) is 2.00. The van der Waals surface area contributed by atoms with Gasteiger partial charge in [0.1, 0.15) is 9.84 Å². The van der Waals surface area contributed by atoms with Crippen LogP contribution in [0.15, 0.2) is 18.2 Å². The molecule has 0 saturated heterocycles. The number of hydrogen-bond donors (Lipinski definition) is 1. The number of rotatable bonds is 5. The summed E-state index contributed by atoms with van der Waals surface area (Å²) in [4.78, 5) is 0. The number of sulfone groups is 1. The average molecular weight is 255 g/mol. The van der Waals surface area contributed by atoms with Crippen molar-refractivity contribution in [2.24, 2.45) is 0 Å². The van der Waals surface area contributed by atoms with Gasteiger partial charge < -0.3 is 5.32 Å². The minimum absolute atomic E-state index is 0.102. The Morgan fingerprint density at radius 3 is 2.47 bits per heavy atom. The molecule has 1 N–H and O–H groups in total. The van der Waals surface area contributed by atoms with Crippen LogP contribution < -0.4 is 5.32 Å². The highest BCUT2D eigenvalue weighted by molar-refractivity contribution is 7.90. The van der Waals surface area contributed by atoms with Crippen LogP contribution in [-0.4, -0.2) is 27.5 Å². The van der Waals surface area contributed by atoms with E-state index in [2.05, 4.69) is 31.3 Å². The lowest BCUT2D eigenvalue weighted by molar-refractivity contribution is 0.557.